The second kappa shape index (κ2) is 7.02. The summed E-state index contributed by atoms with van der Waals surface area (Å²) in [5.74, 6) is 6.52. The van der Waals surface area contributed by atoms with Gasteiger partial charge in [-0.25, -0.2) is 0 Å². The van der Waals surface area contributed by atoms with Crippen LogP contribution in [0.25, 0.3) is 0 Å². The molecule has 1 fully saturated rings. The highest BCUT2D eigenvalue weighted by Crippen LogP contribution is 2.39. The number of rotatable bonds is 7. The van der Waals surface area contributed by atoms with Gasteiger partial charge in [0.15, 0.2) is 0 Å². The van der Waals surface area contributed by atoms with Gasteiger partial charge in [-0.15, -0.1) is 0 Å². The van der Waals surface area contributed by atoms with Gasteiger partial charge in [0.25, 0.3) is 0 Å². The Morgan fingerprint density at radius 3 is 2.58 bits per heavy atom. The van der Waals surface area contributed by atoms with E-state index in [2.05, 4.69) is 26.2 Å². The zero-order valence-corrected chi connectivity index (χ0v) is 13.3. The number of nitrogens with two attached hydrogens (primary N) is 1. The number of hydrazine groups is 1. The van der Waals surface area contributed by atoms with Gasteiger partial charge in [0.2, 0.25) is 0 Å². The van der Waals surface area contributed by atoms with Crippen molar-refractivity contribution in [3.05, 3.63) is 0 Å². The molecule has 0 bridgehead atoms. The predicted molar refractivity (Wildman–Crippen MR) is 78.8 cm³/mol. The van der Waals surface area contributed by atoms with E-state index in [0.29, 0.717) is 5.92 Å². The third-order valence-corrected chi connectivity index (χ3v) is 4.82. The smallest absolute Gasteiger partial charge is 0.0846 e. The first-order chi connectivity index (χ1) is 8.89. The first-order valence-electron chi connectivity index (χ1n) is 7.45. The zero-order valence-electron chi connectivity index (χ0n) is 13.3. The molecule has 0 radical (unpaired) electrons. The van der Waals surface area contributed by atoms with Crippen LogP contribution in [0.3, 0.4) is 0 Å². The van der Waals surface area contributed by atoms with Gasteiger partial charge in [-0.2, -0.15) is 0 Å². The lowest BCUT2D eigenvalue weighted by atomic mass is 9.73. The zero-order chi connectivity index (χ0) is 14.5. The van der Waals surface area contributed by atoms with E-state index in [-0.39, 0.29) is 17.2 Å². The quantitative estimate of drug-likeness (QED) is 0.552. The van der Waals surface area contributed by atoms with E-state index in [1.807, 2.05) is 7.11 Å². The van der Waals surface area contributed by atoms with Crippen molar-refractivity contribution in [2.45, 2.75) is 76.5 Å². The van der Waals surface area contributed by atoms with Crippen LogP contribution in [0.5, 0.6) is 0 Å². The molecule has 4 heteroatoms. The first kappa shape index (κ1) is 16.9. The number of hydrogen-bond donors (Lipinski definition) is 2. The lowest BCUT2D eigenvalue weighted by Gasteiger charge is -2.45. The molecule has 0 spiro atoms. The number of ether oxygens (including phenoxy) is 2. The highest BCUT2D eigenvalue weighted by atomic mass is 16.5. The molecule has 1 saturated carbocycles. The van der Waals surface area contributed by atoms with E-state index in [1.54, 1.807) is 7.11 Å². The van der Waals surface area contributed by atoms with Crippen molar-refractivity contribution in [3.63, 3.8) is 0 Å². The van der Waals surface area contributed by atoms with Crippen LogP contribution in [0.1, 0.15) is 59.3 Å². The van der Waals surface area contributed by atoms with Crippen molar-refractivity contribution in [1.29, 1.82) is 0 Å². The van der Waals surface area contributed by atoms with Crippen LogP contribution in [0.4, 0.5) is 0 Å². The molecule has 3 unspecified atom stereocenters. The van der Waals surface area contributed by atoms with Crippen molar-refractivity contribution in [2.75, 3.05) is 14.2 Å². The molecule has 1 aliphatic rings. The van der Waals surface area contributed by atoms with Crippen molar-refractivity contribution in [1.82, 2.24) is 5.43 Å². The molecule has 3 N–H and O–H groups in total. The van der Waals surface area contributed by atoms with Gasteiger partial charge in [-0.05, 0) is 45.4 Å². The Bertz CT molecular complexity index is 271. The van der Waals surface area contributed by atoms with Crippen LogP contribution in [0.2, 0.25) is 0 Å². The summed E-state index contributed by atoms with van der Waals surface area (Å²) in [6.45, 7) is 6.53. The summed E-state index contributed by atoms with van der Waals surface area (Å²) in [7, 11) is 3.59. The Morgan fingerprint density at radius 1 is 1.42 bits per heavy atom. The second-order valence-corrected chi connectivity index (χ2v) is 6.69. The van der Waals surface area contributed by atoms with Crippen LogP contribution in [-0.4, -0.2) is 31.5 Å². The predicted octanol–water partition coefficient (Wildman–Crippen LogP) is 2.62. The highest BCUT2D eigenvalue weighted by molar-refractivity contribution is 4.96. The average molecular weight is 272 g/mol. The minimum atomic E-state index is -0.115. The van der Waals surface area contributed by atoms with E-state index < -0.39 is 0 Å². The van der Waals surface area contributed by atoms with E-state index in [9.17, 15) is 0 Å². The van der Waals surface area contributed by atoms with Crippen molar-refractivity contribution in [3.8, 4) is 0 Å². The Balaban J connectivity index is 2.70. The van der Waals surface area contributed by atoms with Gasteiger partial charge in [-0.1, -0.05) is 19.8 Å². The maximum atomic E-state index is 5.92. The molecule has 4 nitrogen and oxygen atoms in total. The molecular weight excluding hydrogens is 240 g/mol. The number of hydrogen-bond acceptors (Lipinski definition) is 4. The molecule has 19 heavy (non-hydrogen) atoms. The van der Waals surface area contributed by atoms with Gasteiger partial charge in [0.1, 0.15) is 0 Å². The Hall–Kier alpha value is -0.160. The largest absolute Gasteiger partial charge is 0.379 e. The van der Waals surface area contributed by atoms with Crippen LogP contribution in [0.15, 0.2) is 0 Å². The summed E-state index contributed by atoms with van der Waals surface area (Å²) < 4.78 is 11.4. The normalized spacial score (nSPS) is 30.3. The van der Waals surface area contributed by atoms with E-state index in [0.717, 1.165) is 25.7 Å². The van der Waals surface area contributed by atoms with Gasteiger partial charge in [0.05, 0.1) is 17.2 Å². The molecule has 1 aliphatic carbocycles. The average Bonchev–Trinajstić information content (AvgIpc) is 2.39. The number of methoxy groups -OCH3 is 2. The molecule has 0 saturated heterocycles. The lowest BCUT2D eigenvalue weighted by molar-refractivity contribution is -0.0863. The fourth-order valence-corrected chi connectivity index (χ4v) is 3.28. The molecule has 0 aromatic carbocycles. The number of nitrogens with one attached hydrogen (secondary N) is 1. The van der Waals surface area contributed by atoms with Crippen LogP contribution in [0, 0.1) is 5.92 Å². The topological polar surface area (TPSA) is 56.5 Å². The van der Waals surface area contributed by atoms with Crippen LogP contribution in [-0.2, 0) is 9.47 Å². The first-order valence-corrected chi connectivity index (χ1v) is 7.45. The van der Waals surface area contributed by atoms with E-state index in [4.69, 9.17) is 15.3 Å². The van der Waals surface area contributed by atoms with Gasteiger partial charge in [-0.3, -0.25) is 11.3 Å². The second-order valence-electron chi connectivity index (χ2n) is 6.69. The third kappa shape index (κ3) is 4.42. The fourth-order valence-electron chi connectivity index (χ4n) is 3.28. The fraction of sp³-hybridized carbons (Fsp3) is 1.00. The van der Waals surface area contributed by atoms with E-state index >= 15 is 0 Å². The molecular formula is C15H32N2O2. The van der Waals surface area contributed by atoms with Crippen LogP contribution < -0.4 is 11.3 Å². The summed E-state index contributed by atoms with van der Waals surface area (Å²) in [6.07, 6.45) is 6.64. The van der Waals surface area contributed by atoms with Crippen molar-refractivity contribution < 1.29 is 9.47 Å². The van der Waals surface area contributed by atoms with Crippen molar-refractivity contribution >= 4 is 0 Å². The maximum absolute atomic E-state index is 5.92. The summed E-state index contributed by atoms with van der Waals surface area (Å²) in [4.78, 5) is 0. The Kier molecular flexibility index (Phi) is 6.24. The lowest BCUT2D eigenvalue weighted by Crippen LogP contribution is -2.56. The van der Waals surface area contributed by atoms with Gasteiger partial charge < -0.3 is 9.47 Å². The molecule has 0 aromatic heterocycles. The SMILES string of the molecule is COC(C)(C)CCC(NN)C1(OC)CCCC(C)C1. The van der Waals surface area contributed by atoms with Gasteiger partial charge in [0, 0.05) is 14.2 Å². The molecule has 3 atom stereocenters. The summed E-state index contributed by atoms with van der Waals surface area (Å²) in [6, 6.07) is 0.190. The highest BCUT2D eigenvalue weighted by Gasteiger charge is 2.42. The molecule has 114 valence electrons. The third-order valence-electron chi connectivity index (χ3n) is 4.82. The monoisotopic (exact) mass is 272 g/mol. The minimum absolute atomic E-state index is 0.107. The standard InChI is InChI=1S/C15H32N2O2/c1-12-7-6-9-15(11-12,19-5)13(17-16)8-10-14(2,3)18-4/h12-13,17H,6-11,16H2,1-5H3. The Morgan fingerprint density at radius 2 is 2.11 bits per heavy atom. The molecule has 0 amide bonds. The minimum Gasteiger partial charge on any atom is -0.379 e. The van der Waals surface area contributed by atoms with Crippen molar-refractivity contribution in [2.24, 2.45) is 11.8 Å². The van der Waals surface area contributed by atoms with E-state index in [1.165, 1.54) is 12.8 Å². The maximum Gasteiger partial charge on any atom is 0.0846 e. The molecule has 0 aliphatic heterocycles. The molecule has 1 rings (SSSR count). The summed E-state index contributed by atoms with van der Waals surface area (Å²) in [5.41, 5.74) is 2.78. The summed E-state index contributed by atoms with van der Waals surface area (Å²) in [5, 5.41) is 0. The Labute approximate surface area is 118 Å². The van der Waals surface area contributed by atoms with Crippen LogP contribution >= 0.6 is 0 Å². The summed E-state index contributed by atoms with van der Waals surface area (Å²) >= 11 is 0. The van der Waals surface area contributed by atoms with Gasteiger partial charge >= 0.3 is 0 Å². The molecule has 0 aromatic rings. The molecule has 0 heterocycles.